The summed E-state index contributed by atoms with van der Waals surface area (Å²) in [5.74, 6) is 1.92. The van der Waals surface area contributed by atoms with Gasteiger partial charge in [0.2, 0.25) is 0 Å². The minimum Gasteiger partial charge on any atom is -0.504 e. The van der Waals surface area contributed by atoms with Crippen LogP contribution < -0.4 is 15.4 Å². The van der Waals surface area contributed by atoms with Gasteiger partial charge >= 0.3 is 0 Å². The van der Waals surface area contributed by atoms with Crippen molar-refractivity contribution in [2.24, 2.45) is 10.9 Å². The summed E-state index contributed by atoms with van der Waals surface area (Å²) in [4.78, 5) is 4.47. The first kappa shape index (κ1) is 16.1. The van der Waals surface area contributed by atoms with Crippen LogP contribution in [0.15, 0.2) is 23.2 Å². The molecule has 5 heteroatoms. The number of para-hydroxylation sites is 1. The van der Waals surface area contributed by atoms with Crippen LogP contribution in [0.25, 0.3) is 0 Å². The topological polar surface area (TPSA) is 65.9 Å². The highest BCUT2D eigenvalue weighted by Gasteiger charge is 2.07. The van der Waals surface area contributed by atoms with E-state index in [0.29, 0.717) is 18.2 Å². The number of phenolic OH excluding ortho intramolecular Hbond substituents is 1. The monoisotopic (exact) mass is 279 g/mol. The molecule has 0 fully saturated rings. The minimum atomic E-state index is 0.151. The minimum absolute atomic E-state index is 0.151. The SMILES string of the molecule is CCNC(=NCc1cccc(OC)c1O)NCC(C)C. The Morgan fingerprint density at radius 1 is 1.35 bits per heavy atom. The molecule has 0 aromatic heterocycles. The fourth-order valence-corrected chi connectivity index (χ4v) is 1.67. The summed E-state index contributed by atoms with van der Waals surface area (Å²) in [6, 6.07) is 5.41. The summed E-state index contributed by atoms with van der Waals surface area (Å²) < 4.78 is 5.09. The molecule has 20 heavy (non-hydrogen) atoms. The van der Waals surface area contributed by atoms with Crippen LogP contribution >= 0.6 is 0 Å². The van der Waals surface area contributed by atoms with Crippen molar-refractivity contribution in [3.05, 3.63) is 23.8 Å². The van der Waals surface area contributed by atoms with Gasteiger partial charge in [0.15, 0.2) is 17.5 Å². The van der Waals surface area contributed by atoms with Crippen LogP contribution in [0.5, 0.6) is 11.5 Å². The molecule has 0 atom stereocenters. The number of aliphatic imine (C=N–C) groups is 1. The normalized spacial score (nSPS) is 11.6. The molecule has 0 radical (unpaired) electrons. The van der Waals surface area contributed by atoms with Gasteiger partial charge in [0.25, 0.3) is 0 Å². The molecule has 0 aliphatic heterocycles. The lowest BCUT2D eigenvalue weighted by Gasteiger charge is -2.13. The summed E-state index contributed by atoms with van der Waals surface area (Å²) in [6.07, 6.45) is 0. The number of hydrogen-bond acceptors (Lipinski definition) is 3. The third-order valence-electron chi connectivity index (χ3n) is 2.73. The highest BCUT2D eigenvalue weighted by Crippen LogP contribution is 2.29. The number of benzene rings is 1. The second-order valence-corrected chi connectivity index (χ2v) is 4.94. The molecule has 0 saturated carbocycles. The summed E-state index contributed by atoms with van der Waals surface area (Å²) in [5.41, 5.74) is 0.742. The van der Waals surface area contributed by atoms with Gasteiger partial charge in [0.1, 0.15) is 0 Å². The Morgan fingerprint density at radius 2 is 2.10 bits per heavy atom. The van der Waals surface area contributed by atoms with E-state index in [0.717, 1.165) is 24.6 Å². The maximum Gasteiger partial charge on any atom is 0.191 e. The van der Waals surface area contributed by atoms with E-state index in [1.165, 1.54) is 7.11 Å². The van der Waals surface area contributed by atoms with Gasteiger partial charge in [-0.2, -0.15) is 0 Å². The summed E-state index contributed by atoms with van der Waals surface area (Å²) >= 11 is 0. The second kappa shape index (κ2) is 8.30. The Morgan fingerprint density at radius 3 is 2.70 bits per heavy atom. The van der Waals surface area contributed by atoms with Crippen molar-refractivity contribution in [2.45, 2.75) is 27.3 Å². The van der Waals surface area contributed by atoms with Gasteiger partial charge in [-0.3, -0.25) is 0 Å². The van der Waals surface area contributed by atoms with Gasteiger partial charge in [-0.15, -0.1) is 0 Å². The highest BCUT2D eigenvalue weighted by molar-refractivity contribution is 5.79. The van der Waals surface area contributed by atoms with Crippen LogP contribution in [0.4, 0.5) is 0 Å². The molecule has 3 N–H and O–H groups in total. The molecule has 0 aliphatic carbocycles. The number of methoxy groups -OCH3 is 1. The molecule has 0 spiro atoms. The Labute approximate surface area is 121 Å². The van der Waals surface area contributed by atoms with Crippen LogP contribution in [-0.4, -0.2) is 31.3 Å². The molecule has 0 unspecified atom stereocenters. The maximum atomic E-state index is 10.0. The van der Waals surface area contributed by atoms with Crippen molar-refractivity contribution in [1.82, 2.24) is 10.6 Å². The van der Waals surface area contributed by atoms with E-state index < -0.39 is 0 Å². The van der Waals surface area contributed by atoms with E-state index in [1.54, 1.807) is 6.07 Å². The number of rotatable bonds is 6. The summed E-state index contributed by atoms with van der Waals surface area (Å²) in [6.45, 7) is 8.37. The van der Waals surface area contributed by atoms with E-state index in [2.05, 4.69) is 29.5 Å². The van der Waals surface area contributed by atoms with E-state index in [4.69, 9.17) is 4.74 Å². The molecular formula is C15H25N3O2. The second-order valence-electron chi connectivity index (χ2n) is 4.94. The van der Waals surface area contributed by atoms with E-state index in [9.17, 15) is 5.11 Å². The van der Waals surface area contributed by atoms with Gasteiger partial charge in [-0.1, -0.05) is 26.0 Å². The van der Waals surface area contributed by atoms with Crippen LogP contribution in [0.3, 0.4) is 0 Å². The molecule has 5 nitrogen and oxygen atoms in total. The molecule has 112 valence electrons. The lowest BCUT2D eigenvalue weighted by Crippen LogP contribution is -2.39. The van der Waals surface area contributed by atoms with Crippen LogP contribution in [0.1, 0.15) is 26.3 Å². The average molecular weight is 279 g/mol. The molecule has 1 aromatic carbocycles. The van der Waals surface area contributed by atoms with Crippen molar-refractivity contribution in [2.75, 3.05) is 20.2 Å². The quantitative estimate of drug-likeness (QED) is 0.551. The number of hydrogen-bond donors (Lipinski definition) is 3. The standard InChI is InChI=1S/C15H25N3O2/c1-5-16-15(17-9-11(2)3)18-10-12-7-6-8-13(20-4)14(12)19/h6-8,11,19H,5,9-10H2,1-4H3,(H2,16,17,18). The maximum absolute atomic E-state index is 10.0. The Kier molecular flexibility index (Phi) is 6.70. The Balaban J connectivity index is 2.76. The van der Waals surface area contributed by atoms with Gasteiger partial charge < -0.3 is 20.5 Å². The molecular weight excluding hydrogens is 254 g/mol. The molecule has 0 bridgehead atoms. The van der Waals surface area contributed by atoms with Crippen molar-refractivity contribution in [1.29, 1.82) is 0 Å². The van der Waals surface area contributed by atoms with E-state index >= 15 is 0 Å². The highest BCUT2D eigenvalue weighted by atomic mass is 16.5. The lowest BCUT2D eigenvalue weighted by molar-refractivity contribution is 0.370. The molecule has 0 amide bonds. The Bertz CT molecular complexity index is 445. The van der Waals surface area contributed by atoms with Crippen molar-refractivity contribution >= 4 is 5.96 Å². The summed E-state index contributed by atoms with van der Waals surface area (Å²) in [5, 5.41) is 16.5. The fourth-order valence-electron chi connectivity index (χ4n) is 1.67. The molecule has 0 aliphatic rings. The van der Waals surface area contributed by atoms with Crippen LogP contribution in [0, 0.1) is 5.92 Å². The van der Waals surface area contributed by atoms with Crippen molar-refractivity contribution in [3.63, 3.8) is 0 Å². The molecule has 1 aromatic rings. The predicted molar refractivity (Wildman–Crippen MR) is 82.3 cm³/mol. The van der Waals surface area contributed by atoms with Crippen molar-refractivity contribution in [3.8, 4) is 11.5 Å². The van der Waals surface area contributed by atoms with Gasteiger partial charge in [-0.25, -0.2) is 4.99 Å². The van der Waals surface area contributed by atoms with Crippen LogP contribution in [-0.2, 0) is 6.54 Å². The van der Waals surface area contributed by atoms with E-state index in [1.807, 2.05) is 19.1 Å². The number of nitrogens with zero attached hydrogens (tertiary/aromatic N) is 1. The zero-order valence-corrected chi connectivity index (χ0v) is 12.7. The zero-order valence-electron chi connectivity index (χ0n) is 12.7. The number of aromatic hydroxyl groups is 1. The zero-order chi connectivity index (χ0) is 15.0. The number of phenols is 1. The predicted octanol–water partition coefficient (Wildman–Crippen LogP) is 2.11. The third-order valence-corrected chi connectivity index (χ3v) is 2.73. The summed E-state index contributed by atoms with van der Waals surface area (Å²) in [7, 11) is 1.54. The molecule has 0 heterocycles. The van der Waals surface area contributed by atoms with Gasteiger partial charge in [0.05, 0.1) is 13.7 Å². The molecule has 1 rings (SSSR count). The average Bonchev–Trinajstić information content (AvgIpc) is 2.43. The third kappa shape index (κ3) is 4.99. The first-order valence-electron chi connectivity index (χ1n) is 6.95. The first-order chi connectivity index (χ1) is 9.58. The first-order valence-corrected chi connectivity index (χ1v) is 6.95. The van der Waals surface area contributed by atoms with Crippen LogP contribution in [0.2, 0.25) is 0 Å². The number of ether oxygens (including phenoxy) is 1. The lowest BCUT2D eigenvalue weighted by atomic mass is 10.2. The van der Waals surface area contributed by atoms with E-state index in [-0.39, 0.29) is 5.75 Å². The van der Waals surface area contributed by atoms with Crippen molar-refractivity contribution < 1.29 is 9.84 Å². The smallest absolute Gasteiger partial charge is 0.191 e. The van der Waals surface area contributed by atoms with Gasteiger partial charge in [-0.05, 0) is 18.9 Å². The fraction of sp³-hybridized carbons (Fsp3) is 0.533. The Hall–Kier alpha value is -1.91. The number of nitrogens with one attached hydrogen (secondary N) is 2. The molecule has 0 saturated heterocycles. The number of guanidine groups is 1. The van der Waals surface area contributed by atoms with Gasteiger partial charge in [0, 0.05) is 18.7 Å². The largest absolute Gasteiger partial charge is 0.504 e.